The molecule has 1 fully saturated rings. The monoisotopic (exact) mass is 478 g/mol. The molecule has 1 aliphatic heterocycles. The second kappa shape index (κ2) is 11.3. The molecule has 1 unspecified atom stereocenters. The van der Waals surface area contributed by atoms with Crippen LogP contribution in [0, 0.1) is 11.7 Å². The molecule has 0 bridgehead atoms. The van der Waals surface area contributed by atoms with Gasteiger partial charge in [-0.2, -0.15) is 5.10 Å². The Kier molecular flexibility index (Phi) is 7.92. The number of nitrogens with zero attached hydrogens (tertiary/aromatic N) is 4. The number of likely N-dealkylation sites (N-methyl/N-ethyl adjacent to an activating group) is 1. The molecule has 1 aromatic heterocycles. The molecule has 2 heterocycles. The van der Waals surface area contributed by atoms with E-state index in [1.165, 1.54) is 19.2 Å². The van der Waals surface area contributed by atoms with E-state index < -0.39 is 0 Å². The van der Waals surface area contributed by atoms with Gasteiger partial charge in [0, 0.05) is 39.5 Å². The van der Waals surface area contributed by atoms with E-state index in [0.29, 0.717) is 25.1 Å². The molecule has 1 saturated heterocycles. The number of piperidine rings is 1. The molecule has 0 aliphatic carbocycles. The minimum absolute atomic E-state index is 0.0130. The highest BCUT2D eigenvalue weighted by atomic mass is 19.1. The Hall–Kier alpha value is -3.52. The van der Waals surface area contributed by atoms with Gasteiger partial charge in [-0.3, -0.25) is 9.59 Å². The van der Waals surface area contributed by atoms with Gasteiger partial charge in [-0.25, -0.2) is 9.07 Å². The summed E-state index contributed by atoms with van der Waals surface area (Å²) in [6.07, 6.45) is 5.53. The number of benzene rings is 2. The minimum Gasteiger partial charge on any atom is -0.375 e. The van der Waals surface area contributed by atoms with Crippen LogP contribution in [0.1, 0.15) is 28.8 Å². The van der Waals surface area contributed by atoms with Crippen molar-refractivity contribution in [2.75, 3.05) is 33.9 Å². The minimum atomic E-state index is -0.281. The van der Waals surface area contributed by atoms with E-state index in [1.807, 2.05) is 35.2 Å². The predicted octanol–water partition coefficient (Wildman–Crippen LogP) is 3.58. The summed E-state index contributed by atoms with van der Waals surface area (Å²) >= 11 is 0. The maximum atomic E-state index is 13.4. The van der Waals surface area contributed by atoms with Crippen LogP contribution in [0.2, 0.25) is 0 Å². The maximum absolute atomic E-state index is 13.4. The number of hydrogen-bond donors (Lipinski definition) is 0. The topological polar surface area (TPSA) is 67.7 Å². The van der Waals surface area contributed by atoms with E-state index in [0.717, 1.165) is 24.1 Å². The summed E-state index contributed by atoms with van der Waals surface area (Å²) in [4.78, 5) is 29.3. The van der Waals surface area contributed by atoms with Crippen molar-refractivity contribution < 1.29 is 18.7 Å². The van der Waals surface area contributed by atoms with E-state index in [4.69, 9.17) is 4.74 Å². The molecule has 0 radical (unpaired) electrons. The fourth-order valence-corrected chi connectivity index (χ4v) is 4.72. The Balaban J connectivity index is 1.42. The standard InChI is InChI=1S/C27H31FN4O3/c1-30(26(33)19-35-2)25(16-20-8-10-23(28)11-9-20)21-12-14-31(15-13-21)27(34)22-17-29-32(18-22)24-6-4-3-5-7-24/h3-11,17-18,21,25H,12-16,19H2,1-2H3. The first-order valence-corrected chi connectivity index (χ1v) is 11.8. The van der Waals surface area contributed by atoms with E-state index in [9.17, 15) is 14.0 Å². The molecule has 0 spiro atoms. The quantitative estimate of drug-likeness (QED) is 0.496. The van der Waals surface area contributed by atoms with Crippen molar-refractivity contribution in [2.45, 2.75) is 25.3 Å². The fraction of sp³-hybridized carbons (Fsp3) is 0.370. The zero-order valence-corrected chi connectivity index (χ0v) is 20.1. The summed E-state index contributed by atoms with van der Waals surface area (Å²) in [5.74, 6) is -0.200. The average molecular weight is 479 g/mol. The molecule has 2 aromatic carbocycles. The normalized spacial score (nSPS) is 15.1. The Labute approximate surface area is 205 Å². The molecule has 0 N–H and O–H groups in total. The number of rotatable bonds is 8. The van der Waals surface area contributed by atoms with Gasteiger partial charge in [-0.1, -0.05) is 30.3 Å². The molecule has 0 saturated carbocycles. The van der Waals surface area contributed by atoms with Crippen LogP contribution in [-0.4, -0.2) is 71.3 Å². The lowest BCUT2D eigenvalue weighted by atomic mass is 9.84. The largest absolute Gasteiger partial charge is 0.375 e. The lowest BCUT2D eigenvalue weighted by Crippen LogP contribution is -2.49. The number of halogens is 1. The van der Waals surface area contributed by atoms with Crippen molar-refractivity contribution in [3.63, 3.8) is 0 Å². The van der Waals surface area contributed by atoms with Crippen LogP contribution < -0.4 is 0 Å². The third-order valence-electron chi connectivity index (χ3n) is 6.74. The van der Waals surface area contributed by atoms with E-state index in [1.54, 1.807) is 41.2 Å². The van der Waals surface area contributed by atoms with Crippen molar-refractivity contribution in [2.24, 2.45) is 5.92 Å². The number of amides is 2. The van der Waals surface area contributed by atoms with Crippen molar-refractivity contribution >= 4 is 11.8 Å². The third-order valence-corrected chi connectivity index (χ3v) is 6.74. The lowest BCUT2D eigenvalue weighted by molar-refractivity contribution is -0.137. The van der Waals surface area contributed by atoms with E-state index >= 15 is 0 Å². The SMILES string of the molecule is COCC(=O)N(C)C(Cc1ccc(F)cc1)C1CCN(C(=O)c2cnn(-c3ccccc3)c2)CC1. The van der Waals surface area contributed by atoms with Gasteiger partial charge >= 0.3 is 0 Å². The molecule has 1 aliphatic rings. The van der Waals surface area contributed by atoms with E-state index in [-0.39, 0.29) is 36.2 Å². The fourth-order valence-electron chi connectivity index (χ4n) is 4.72. The molecule has 8 heteroatoms. The summed E-state index contributed by atoms with van der Waals surface area (Å²) in [6, 6.07) is 16.0. The van der Waals surface area contributed by atoms with Gasteiger partial charge in [0.2, 0.25) is 5.91 Å². The van der Waals surface area contributed by atoms with Crippen LogP contribution >= 0.6 is 0 Å². The number of aromatic nitrogens is 2. The zero-order valence-electron chi connectivity index (χ0n) is 20.1. The number of hydrogen-bond acceptors (Lipinski definition) is 4. The van der Waals surface area contributed by atoms with Gasteiger partial charge in [0.1, 0.15) is 12.4 Å². The lowest BCUT2D eigenvalue weighted by Gasteiger charge is -2.40. The highest BCUT2D eigenvalue weighted by molar-refractivity contribution is 5.93. The van der Waals surface area contributed by atoms with Crippen molar-refractivity contribution in [1.29, 1.82) is 0 Å². The van der Waals surface area contributed by atoms with Crippen LogP contribution in [0.4, 0.5) is 4.39 Å². The highest BCUT2D eigenvalue weighted by Crippen LogP contribution is 2.27. The zero-order chi connectivity index (χ0) is 24.8. The number of likely N-dealkylation sites (tertiary alicyclic amines) is 1. The van der Waals surface area contributed by atoms with Crippen molar-refractivity contribution in [1.82, 2.24) is 19.6 Å². The molecule has 3 aromatic rings. The van der Waals surface area contributed by atoms with Crippen LogP contribution in [-0.2, 0) is 16.0 Å². The Morgan fingerprint density at radius 3 is 2.46 bits per heavy atom. The maximum Gasteiger partial charge on any atom is 0.257 e. The van der Waals surface area contributed by atoms with Crippen molar-refractivity contribution in [3.8, 4) is 5.69 Å². The van der Waals surface area contributed by atoms with Gasteiger partial charge in [-0.15, -0.1) is 0 Å². The summed E-state index contributed by atoms with van der Waals surface area (Å²) in [7, 11) is 3.30. The second-order valence-electron chi connectivity index (χ2n) is 8.97. The van der Waals surface area contributed by atoms with Gasteiger partial charge in [0.15, 0.2) is 0 Å². The van der Waals surface area contributed by atoms with Gasteiger partial charge < -0.3 is 14.5 Å². The van der Waals surface area contributed by atoms with Crippen LogP contribution in [0.3, 0.4) is 0 Å². The summed E-state index contributed by atoms with van der Waals surface area (Å²) < 4.78 is 20.2. The number of para-hydroxylation sites is 1. The van der Waals surface area contributed by atoms with Gasteiger partial charge in [0.25, 0.3) is 5.91 Å². The number of carbonyl (C=O) groups is 2. The molecule has 1 atom stereocenters. The van der Waals surface area contributed by atoms with Gasteiger partial charge in [-0.05, 0) is 55.0 Å². The molecular weight excluding hydrogens is 447 g/mol. The number of carbonyl (C=O) groups excluding carboxylic acids is 2. The molecule has 4 rings (SSSR count). The first kappa shape index (κ1) is 24.6. The van der Waals surface area contributed by atoms with E-state index in [2.05, 4.69) is 5.10 Å². The summed E-state index contributed by atoms with van der Waals surface area (Å²) in [5, 5.41) is 4.35. The Morgan fingerprint density at radius 1 is 1.11 bits per heavy atom. The average Bonchev–Trinajstić information content (AvgIpc) is 3.39. The predicted molar refractivity (Wildman–Crippen MR) is 131 cm³/mol. The summed E-state index contributed by atoms with van der Waals surface area (Å²) in [6.45, 7) is 1.22. The van der Waals surface area contributed by atoms with Crippen molar-refractivity contribution in [3.05, 3.63) is 83.9 Å². The van der Waals surface area contributed by atoms with Crippen LogP contribution in [0.5, 0.6) is 0 Å². The third kappa shape index (κ3) is 5.95. The second-order valence-corrected chi connectivity index (χ2v) is 8.97. The summed E-state index contributed by atoms with van der Waals surface area (Å²) in [5.41, 5.74) is 2.43. The highest BCUT2D eigenvalue weighted by Gasteiger charge is 2.33. The molecular formula is C27H31FN4O3. The molecule has 184 valence electrons. The van der Waals surface area contributed by atoms with Crippen LogP contribution in [0.15, 0.2) is 67.0 Å². The smallest absolute Gasteiger partial charge is 0.257 e. The first-order chi connectivity index (χ1) is 17.0. The van der Waals surface area contributed by atoms with Crippen LogP contribution in [0.25, 0.3) is 5.69 Å². The molecule has 7 nitrogen and oxygen atoms in total. The molecule has 2 amide bonds. The first-order valence-electron chi connectivity index (χ1n) is 11.8. The van der Waals surface area contributed by atoms with Gasteiger partial charge in [0.05, 0.1) is 17.4 Å². The molecule has 35 heavy (non-hydrogen) atoms. The number of ether oxygens (including phenoxy) is 1. The Morgan fingerprint density at radius 2 is 1.80 bits per heavy atom. The Bertz CT molecular complexity index is 1120. The number of methoxy groups -OCH3 is 1.